The van der Waals surface area contributed by atoms with Crippen molar-refractivity contribution in [2.45, 2.75) is 44.3 Å². The van der Waals surface area contributed by atoms with E-state index in [2.05, 4.69) is 43.7 Å². The summed E-state index contributed by atoms with van der Waals surface area (Å²) in [5.41, 5.74) is 5.83. The second-order valence-corrected chi connectivity index (χ2v) is 11.7. The van der Waals surface area contributed by atoms with Crippen molar-refractivity contribution >= 4 is 31.3 Å². The predicted molar refractivity (Wildman–Crippen MR) is 98.4 cm³/mol. The molecule has 116 valence electrons. The van der Waals surface area contributed by atoms with Gasteiger partial charge in [-0.2, -0.15) is 5.10 Å². The fourth-order valence-electron chi connectivity index (χ4n) is 1.90. The molecule has 0 aliphatic rings. The Bertz CT molecular complexity index is 459. The molecule has 3 nitrogen and oxygen atoms in total. The third-order valence-corrected chi connectivity index (χ3v) is 4.85. The van der Waals surface area contributed by atoms with E-state index in [4.69, 9.17) is 4.43 Å². The molecule has 21 heavy (non-hydrogen) atoms. The van der Waals surface area contributed by atoms with E-state index < -0.39 is 8.32 Å². The molecule has 1 rings (SSSR count). The molecule has 0 aliphatic carbocycles. The van der Waals surface area contributed by atoms with Crippen molar-refractivity contribution in [1.29, 1.82) is 0 Å². The van der Waals surface area contributed by atoms with Crippen LogP contribution in [0.15, 0.2) is 48.1 Å². The largest absolute Gasteiger partial charge is 0.403 e. The number of rotatable bonds is 9. The van der Waals surface area contributed by atoms with Gasteiger partial charge < -0.3 is 4.43 Å². The first-order valence-electron chi connectivity index (χ1n) is 7.16. The van der Waals surface area contributed by atoms with E-state index in [0.717, 1.165) is 18.5 Å². The molecule has 1 unspecified atom stereocenters. The zero-order valence-electron chi connectivity index (χ0n) is 13.4. The third kappa shape index (κ3) is 8.09. The van der Waals surface area contributed by atoms with Gasteiger partial charge in [0.2, 0.25) is 0 Å². The second kappa shape index (κ2) is 8.41. The molecule has 0 heterocycles. The zero-order chi connectivity index (χ0) is 15.8. The summed E-state index contributed by atoms with van der Waals surface area (Å²) in [7, 11) is -1.60. The molecule has 0 aromatic heterocycles. The van der Waals surface area contributed by atoms with Gasteiger partial charge in [0.1, 0.15) is 4.93 Å². The average Bonchev–Trinajstić information content (AvgIpc) is 2.41. The summed E-state index contributed by atoms with van der Waals surface area (Å²) in [4.78, 5) is -0.249. The molecule has 0 radical (unpaired) electrons. The van der Waals surface area contributed by atoms with E-state index in [1.807, 2.05) is 42.0 Å². The van der Waals surface area contributed by atoms with Crippen LogP contribution in [0.25, 0.3) is 0 Å². The highest BCUT2D eigenvalue weighted by atomic mass is 32.2. The number of benzene rings is 1. The van der Waals surface area contributed by atoms with Crippen LogP contribution in [0.3, 0.4) is 0 Å². The standard InChI is InChI=1S/C16H26N2OSSi/c1-6-7-13-16(2,19-21(3,4)5)20-14-17-18-15-11-9-8-10-12-15/h6,8-12,14,18H,1,7,13H2,2-5H3/b17-14-. The van der Waals surface area contributed by atoms with Crippen LogP contribution in [0.4, 0.5) is 5.69 Å². The van der Waals surface area contributed by atoms with Gasteiger partial charge in [-0.25, -0.2) is 0 Å². The minimum atomic E-state index is -1.60. The number of hydrogen-bond donors (Lipinski definition) is 1. The second-order valence-electron chi connectivity index (χ2n) is 6.01. The van der Waals surface area contributed by atoms with E-state index in [1.54, 1.807) is 11.8 Å². The normalized spacial score (nSPS) is 14.9. The molecule has 1 atom stereocenters. The quantitative estimate of drug-likeness (QED) is 0.167. The maximum atomic E-state index is 6.31. The van der Waals surface area contributed by atoms with Crippen LogP contribution in [0.2, 0.25) is 19.6 Å². The Morgan fingerprint density at radius 2 is 2.00 bits per heavy atom. The summed E-state index contributed by atoms with van der Waals surface area (Å²) in [5, 5.41) is 4.26. The van der Waals surface area contributed by atoms with E-state index in [1.165, 1.54) is 0 Å². The maximum Gasteiger partial charge on any atom is 0.185 e. The van der Waals surface area contributed by atoms with Crippen LogP contribution in [-0.2, 0) is 4.43 Å². The minimum absolute atomic E-state index is 0.249. The topological polar surface area (TPSA) is 33.6 Å². The Morgan fingerprint density at radius 1 is 1.33 bits per heavy atom. The SMILES string of the molecule is C=CCCC(C)(O[Si](C)(C)C)S/C=N\Nc1ccccc1. The van der Waals surface area contributed by atoms with Gasteiger partial charge >= 0.3 is 0 Å². The lowest BCUT2D eigenvalue weighted by molar-refractivity contribution is 0.170. The molecule has 0 spiro atoms. The summed E-state index contributed by atoms with van der Waals surface area (Å²) < 4.78 is 6.31. The summed E-state index contributed by atoms with van der Waals surface area (Å²) in [6, 6.07) is 9.91. The van der Waals surface area contributed by atoms with Crippen molar-refractivity contribution in [3.05, 3.63) is 43.0 Å². The van der Waals surface area contributed by atoms with Crippen LogP contribution in [0, 0.1) is 0 Å². The number of thioether (sulfide) groups is 1. The van der Waals surface area contributed by atoms with Crippen molar-refractivity contribution in [2.24, 2.45) is 5.10 Å². The van der Waals surface area contributed by atoms with E-state index in [9.17, 15) is 0 Å². The van der Waals surface area contributed by atoms with Crippen molar-refractivity contribution in [1.82, 2.24) is 0 Å². The molecule has 0 saturated heterocycles. The number of allylic oxidation sites excluding steroid dienone is 1. The fourth-order valence-corrected chi connectivity index (χ4v) is 4.80. The van der Waals surface area contributed by atoms with Gasteiger partial charge in [0.05, 0.1) is 11.2 Å². The van der Waals surface area contributed by atoms with Crippen LogP contribution in [-0.4, -0.2) is 18.8 Å². The highest BCUT2D eigenvalue weighted by Gasteiger charge is 2.31. The zero-order valence-corrected chi connectivity index (χ0v) is 15.2. The molecule has 0 aliphatic heterocycles. The van der Waals surface area contributed by atoms with E-state index in [0.29, 0.717) is 0 Å². The molecule has 5 heteroatoms. The van der Waals surface area contributed by atoms with Gasteiger partial charge in [-0.3, -0.25) is 5.43 Å². The van der Waals surface area contributed by atoms with E-state index >= 15 is 0 Å². The fraction of sp³-hybridized carbons (Fsp3) is 0.438. The highest BCUT2D eigenvalue weighted by molar-refractivity contribution is 8.13. The first-order chi connectivity index (χ1) is 9.85. The maximum absolute atomic E-state index is 6.31. The Balaban J connectivity index is 2.57. The molecular weight excluding hydrogens is 296 g/mol. The predicted octanol–water partition coefficient (Wildman–Crippen LogP) is 5.31. The van der Waals surface area contributed by atoms with Crippen molar-refractivity contribution in [2.75, 3.05) is 5.43 Å². The molecular formula is C16H26N2OSSi. The minimum Gasteiger partial charge on any atom is -0.403 e. The number of hydrazone groups is 1. The molecule has 1 N–H and O–H groups in total. The van der Waals surface area contributed by atoms with Gasteiger partial charge in [0.25, 0.3) is 0 Å². The summed E-state index contributed by atoms with van der Waals surface area (Å²) in [6.45, 7) is 12.6. The van der Waals surface area contributed by atoms with Crippen LogP contribution < -0.4 is 5.43 Å². The van der Waals surface area contributed by atoms with Crippen molar-refractivity contribution < 1.29 is 4.43 Å². The van der Waals surface area contributed by atoms with Gasteiger partial charge in [0.15, 0.2) is 8.32 Å². The molecule has 0 bridgehead atoms. The molecule has 0 fully saturated rings. The number of nitrogens with one attached hydrogen (secondary N) is 1. The number of nitrogens with zero attached hydrogens (tertiary/aromatic N) is 1. The summed E-state index contributed by atoms with van der Waals surface area (Å²) in [5.74, 6) is 0. The first kappa shape index (κ1) is 18.0. The lowest BCUT2D eigenvalue weighted by Gasteiger charge is -2.34. The average molecular weight is 323 g/mol. The number of para-hydroxylation sites is 1. The summed E-state index contributed by atoms with van der Waals surface area (Å²) >= 11 is 1.62. The molecule has 0 saturated carbocycles. The first-order valence-corrected chi connectivity index (χ1v) is 11.4. The van der Waals surface area contributed by atoms with Crippen LogP contribution in [0.5, 0.6) is 0 Å². The Labute approximate surface area is 134 Å². The van der Waals surface area contributed by atoms with E-state index in [-0.39, 0.29) is 4.93 Å². The Kier molecular flexibility index (Phi) is 7.21. The third-order valence-electron chi connectivity index (χ3n) is 2.65. The van der Waals surface area contributed by atoms with Crippen molar-refractivity contribution in [3.8, 4) is 0 Å². The highest BCUT2D eigenvalue weighted by Crippen LogP contribution is 2.33. The number of hydrogen-bond acceptors (Lipinski definition) is 4. The Morgan fingerprint density at radius 3 is 2.57 bits per heavy atom. The van der Waals surface area contributed by atoms with Gasteiger partial charge in [-0.05, 0) is 51.5 Å². The molecule has 1 aromatic rings. The monoisotopic (exact) mass is 322 g/mol. The smallest absolute Gasteiger partial charge is 0.185 e. The lowest BCUT2D eigenvalue weighted by atomic mass is 10.2. The molecule has 1 aromatic carbocycles. The van der Waals surface area contributed by atoms with Crippen LogP contribution >= 0.6 is 11.8 Å². The number of anilines is 1. The van der Waals surface area contributed by atoms with Gasteiger partial charge in [-0.15, -0.1) is 6.58 Å². The molecule has 0 amide bonds. The lowest BCUT2D eigenvalue weighted by Crippen LogP contribution is -2.38. The van der Waals surface area contributed by atoms with Crippen LogP contribution in [0.1, 0.15) is 19.8 Å². The summed E-state index contributed by atoms with van der Waals surface area (Å²) in [6.07, 6.45) is 3.81. The van der Waals surface area contributed by atoms with Gasteiger partial charge in [-0.1, -0.05) is 36.0 Å². The van der Waals surface area contributed by atoms with Crippen molar-refractivity contribution in [3.63, 3.8) is 0 Å². The Hall–Kier alpha value is -1.04. The van der Waals surface area contributed by atoms with Gasteiger partial charge in [0, 0.05) is 0 Å².